The number of para-hydroxylation sites is 1. The van der Waals surface area contributed by atoms with Crippen molar-refractivity contribution in [1.29, 1.82) is 0 Å². The molecule has 0 unspecified atom stereocenters. The van der Waals surface area contributed by atoms with E-state index in [-0.39, 0.29) is 24.1 Å². The number of amides is 1. The van der Waals surface area contributed by atoms with Gasteiger partial charge in [0.2, 0.25) is 11.8 Å². The normalized spacial score (nSPS) is 14.9. The fraction of sp³-hybridized carbons (Fsp3) is 0.389. The topological polar surface area (TPSA) is 98.5 Å². The van der Waals surface area contributed by atoms with Crippen LogP contribution in [0.3, 0.4) is 0 Å². The van der Waals surface area contributed by atoms with Gasteiger partial charge in [0.05, 0.1) is 11.3 Å². The molecule has 1 saturated heterocycles. The Morgan fingerprint density at radius 1 is 1.31 bits per heavy atom. The number of hydrogen-bond donors (Lipinski definition) is 0. The lowest BCUT2D eigenvalue weighted by Crippen LogP contribution is -2.42. The van der Waals surface area contributed by atoms with Crippen molar-refractivity contribution in [2.24, 2.45) is 0 Å². The number of nitro groups is 1. The summed E-state index contributed by atoms with van der Waals surface area (Å²) in [5.41, 5.74) is 0.426. The van der Waals surface area contributed by atoms with Gasteiger partial charge in [-0.2, -0.15) is 4.98 Å². The van der Waals surface area contributed by atoms with E-state index in [1.54, 1.807) is 42.3 Å². The first-order valence-electron chi connectivity index (χ1n) is 8.49. The molecule has 2 aromatic rings. The second-order valence-corrected chi connectivity index (χ2v) is 6.20. The summed E-state index contributed by atoms with van der Waals surface area (Å²) in [5.74, 6) is 1.09. The molecule has 1 aromatic carbocycles. The summed E-state index contributed by atoms with van der Waals surface area (Å²) in [5, 5.41) is 11.1. The Labute approximate surface area is 151 Å². The maximum atomic E-state index is 12.5. The molecule has 0 N–H and O–H groups in total. The smallest absolute Gasteiger partial charge is 0.273 e. The quantitative estimate of drug-likeness (QED) is 0.602. The number of hydrogen-bond acceptors (Lipinski definition) is 6. The Balaban J connectivity index is 1.55. The van der Waals surface area contributed by atoms with Crippen LogP contribution in [-0.4, -0.2) is 44.9 Å². The molecule has 1 aliphatic rings. The maximum absolute atomic E-state index is 12.5. The molecule has 0 bridgehead atoms. The number of aryl methyl sites for hydroxylation is 1. The third-order valence-corrected chi connectivity index (χ3v) is 4.36. The zero-order valence-corrected chi connectivity index (χ0v) is 14.5. The average molecular weight is 356 g/mol. The van der Waals surface area contributed by atoms with Crippen LogP contribution < -0.4 is 4.74 Å². The molecular weight excluding hydrogens is 336 g/mol. The van der Waals surface area contributed by atoms with Gasteiger partial charge in [0, 0.05) is 49.8 Å². The first kappa shape index (κ1) is 17.8. The van der Waals surface area contributed by atoms with Crippen molar-refractivity contribution < 1.29 is 14.5 Å². The highest BCUT2D eigenvalue weighted by Crippen LogP contribution is 2.21. The summed E-state index contributed by atoms with van der Waals surface area (Å²) in [4.78, 5) is 33.1. The van der Waals surface area contributed by atoms with Gasteiger partial charge >= 0.3 is 0 Å². The van der Waals surface area contributed by atoms with E-state index >= 15 is 0 Å². The molecule has 8 nitrogen and oxygen atoms in total. The van der Waals surface area contributed by atoms with E-state index in [4.69, 9.17) is 4.74 Å². The van der Waals surface area contributed by atoms with Crippen LogP contribution in [0.4, 0.5) is 5.69 Å². The van der Waals surface area contributed by atoms with Crippen molar-refractivity contribution in [2.75, 3.05) is 13.1 Å². The van der Waals surface area contributed by atoms with Gasteiger partial charge in [0.15, 0.2) is 0 Å². The SMILES string of the molecule is Cc1nccc(OC2CCN(C(=O)Cc3ccccc3[N+](=O)[O-])CC2)n1. The van der Waals surface area contributed by atoms with E-state index in [0.717, 1.165) is 0 Å². The number of nitrogens with zero attached hydrogens (tertiary/aromatic N) is 4. The molecule has 0 spiro atoms. The van der Waals surface area contributed by atoms with Crippen molar-refractivity contribution >= 4 is 11.6 Å². The van der Waals surface area contributed by atoms with E-state index in [1.165, 1.54) is 6.07 Å². The van der Waals surface area contributed by atoms with Crippen LogP contribution in [0.1, 0.15) is 24.2 Å². The molecule has 1 aromatic heterocycles. The number of piperidine rings is 1. The molecule has 26 heavy (non-hydrogen) atoms. The minimum Gasteiger partial charge on any atom is -0.474 e. The highest BCUT2D eigenvalue weighted by molar-refractivity contribution is 5.80. The molecule has 8 heteroatoms. The van der Waals surface area contributed by atoms with Gasteiger partial charge < -0.3 is 9.64 Å². The first-order chi connectivity index (χ1) is 12.5. The van der Waals surface area contributed by atoms with Crippen molar-refractivity contribution in [3.8, 4) is 5.88 Å². The number of nitro benzene ring substituents is 1. The molecule has 1 amide bonds. The Hall–Kier alpha value is -3.03. The summed E-state index contributed by atoms with van der Waals surface area (Å²) < 4.78 is 5.85. The van der Waals surface area contributed by atoms with E-state index in [9.17, 15) is 14.9 Å². The number of rotatable bonds is 5. The summed E-state index contributed by atoms with van der Waals surface area (Å²) in [7, 11) is 0. The van der Waals surface area contributed by atoms with Crippen molar-refractivity contribution in [1.82, 2.24) is 14.9 Å². The van der Waals surface area contributed by atoms with Crippen LogP contribution in [0.15, 0.2) is 36.5 Å². The van der Waals surface area contributed by atoms with Crippen LogP contribution in [0.2, 0.25) is 0 Å². The van der Waals surface area contributed by atoms with Crippen LogP contribution in [-0.2, 0) is 11.2 Å². The molecule has 0 aliphatic carbocycles. The second-order valence-electron chi connectivity index (χ2n) is 6.20. The molecule has 0 radical (unpaired) electrons. The van der Waals surface area contributed by atoms with Gasteiger partial charge in [0.25, 0.3) is 5.69 Å². The molecule has 0 saturated carbocycles. The summed E-state index contributed by atoms with van der Waals surface area (Å²) >= 11 is 0. The zero-order valence-electron chi connectivity index (χ0n) is 14.5. The van der Waals surface area contributed by atoms with Crippen LogP contribution in [0, 0.1) is 17.0 Å². The summed E-state index contributed by atoms with van der Waals surface area (Å²) in [6.45, 7) is 2.93. The molecular formula is C18H20N4O4. The number of ether oxygens (including phenoxy) is 1. The Bertz CT molecular complexity index is 803. The Kier molecular flexibility index (Phi) is 5.40. The van der Waals surface area contributed by atoms with Crippen LogP contribution in [0.25, 0.3) is 0 Å². The molecule has 0 atom stereocenters. The fourth-order valence-corrected chi connectivity index (χ4v) is 3.01. The van der Waals surface area contributed by atoms with Crippen molar-refractivity contribution in [3.63, 3.8) is 0 Å². The number of aromatic nitrogens is 2. The van der Waals surface area contributed by atoms with Gasteiger partial charge in [-0.15, -0.1) is 0 Å². The van der Waals surface area contributed by atoms with Crippen LogP contribution >= 0.6 is 0 Å². The number of benzene rings is 1. The lowest BCUT2D eigenvalue weighted by Gasteiger charge is -2.32. The minimum absolute atomic E-state index is 0.000545. The van der Waals surface area contributed by atoms with Gasteiger partial charge in [-0.3, -0.25) is 14.9 Å². The second kappa shape index (κ2) is 7.90. The molecule has 1 aliphatic heterocycles. The molecule has 1 fully saturated rings. The zero-order chi connectivity index (χ0) is 18.5. The first-order valence-corrected chi connectivity index (χ1v) is 8.49. The largest absolute Gasteiger partial charge is 0.474 e. The minimum atomic E-state index is -0.452. The summed E-state index contributed by atoms with van der Waals surface area (Å²) in [6, 6.07) is 8.08. The third-order valence-electron chi connectivity index (χ3n) is 4.36. The average Bonchev–Trinajstić information content (AvgIpc) is 2.62. The van der Waals surface area contributed by atoms with E-state index in [1.807, 2.05) is 0 Å². The lowest BCUT2D eigenvalue weighted by atomic mass is 10.1. The van der Waals surface area contributed by atoms with Crippen molar-refractivity contribution in [3.05, 3.63) is 58.0 Å². The van der Waals surface area contributed by atoms with Gasteiger partial charge in [-0.1, -0.05) is 18.2 Å². The number of carbonyl (C=O) groups is 1. The Morgan fingerprint density at radius 3 is 2.73 bits per heavy atom. The predicted octanol–water partition coefficient (Wildman–Crippen LogP) is 2.31. The summed E-state index contributed by atoms with van der Waals surface area (Å²) in [6.07, 6.45) is 3.09. The molecule has 3 rings (SSSR count). The molecule has 136 valence electrons. The third kappa shape index (κ3) is 4.33. The van der Waals surface area contributed by atoms with E-state index in [2.05, 4.69) is 9.97 Å². The van der Waals surface area contributed by atoms with Crippen molar-refractivity contribution in [2.45, 2.75) is 32.3 Å². The van der Waals surface area contributed by atoms with E-state index in [0.29, 0.717) is 43.2 Å². The standard InChI is InChI=1S/C18H20N4O4/c1-13-19-9-6-17(20-13)26-15-7-10-21(11-8-15)18(23)12-14-4-2-3-5-16(14)22(24)25/h2-6,9,15H,7-8,10-12H2,1H3. The Morgan fingerprint density at radius 2 is 2.04 bits per heavy atom. The predicted molar refractivity (Wildman–Crippen MR) is 93.8 cm³/mol. The highest BCUT2D eigenvalue weighted by atomic mass is 16.6. The number of likely N-dealkylation sites (tertiary alicyclic amines) is 1. The number of carbonyl (C=O) groups excluding carboxylic acids is 1. The molecule has 2 heterocycles. The van der Waals surface area contributed by atoms with Crippen LogP contribution in [0.5, 0.6) is 5.88 Å². The van der Waals surface area contributed by atoms with E-state index < -0.39 is 4.92 Å². The van der Waals surface area contributed by atoms with Gasteiger partial charge in [-0.05, 0) is 6.92 Å². The van der Waals surface area contributed by atoms with Gasteiger partial charge in [-0.25, -0.2) is 4.98 Å². The van der Waals surface area contributed by atoms with Gasteiger partial charge in [0.1, 0.15) is 11.9 Å². The fourth-order valence-electron chi connectivity index (χ4n) is 3.01. The highest BCUT2D eigenvalue weighted by Gasteiger charge is 2.26. The maximum Gasteiger partial charge on any atom is 0.273 e. The monoisotopic (exact) mass is 356 g/mol. The lowest BCUT2D eigenvalue weighted by molar-refractivity contribution is -0.385.